The van der Waals surface area contributed by atoms with Gasteiger partial charge in [0.15, 0.2) is 0 Å². The molecule has 0 amide bonds. The molecule has 3 N–H and O–H groups in total. The molecule has 26 heavy (non-hydrogen) atoms. The Bertz CT molecular complexity index is 575. The van der Waals surface area contributed by atoms with Crippen molar-refractivity contribution in [2.75, 3.05) is 46.4 Å². The standard InChI is InChI=1S/C19H29N3O4/c1-25-15-4-2-14(3-5-15)12-16-19(17(23)13-21-16)26-18(24)6-9-22-10-7-20-8-11-22/h2-5,16-17,19-21,23H,6-13H2,1H3/t16-,17+,19+/m1/s1. The number of benzene rings is 1. The van der Waals surface area contributed by atoms with Crippen LogP contribution in [0.1, 0.15) is 12.0 Å². The molecule has 3 atom stereocenters. The first-order chi connectivity index (χ1) is 12.7. The lowest BCUT2D eigenvalue weighted by molar-refractivity contribution is -0.154. The number of carbonyl (C=O) groups is 1. The van der Waals surface area contributed by atoms with Crippen molar-refractivity contribution in [3.63, 3.8) is 0 Å². The van der Waals surface area contributed by atoms with Crippen LogP contribution in [0.3, 0.4) is 0 Å². The van der Waals surface area contributed by atoms with Gasteiger partial charge in [0, 0.05) is 39.3 Å². The first-order valence-electron chi connectivity index (χ1n) is 9.32. The molecule has 2 aliphatic rings. The summed E-state index contributed by atoms with van der Waals surface area (Å²) in [6.07, 6.45) is -0.121. The minimum Gasteiger partial charge on any atom is -0.497 e. The van der Waals surface area contributed by atoms with Gasteiger partial charge in [0.25, 0.3) is 0 Å². The van der Waals surface area contributed by atoms with Crippen LogP contribution in [0.25, 0.3) is 0 Å². The van der Waals surface area contributed by atoms with Crippen LogP contribution < -0.4 is 15.4 Å². The summed E-state index contributed by atoms with van der Waals surface area (Å²) in [6, 6.07) is 7.73. The highest BCUT2D eigenvalue weighted by Gasteiger charge is 2.37. The number of ether oxygens (including phenoxy) is 2. The molecule has 7 nitrogen and oxygen atoms in total. The quantitative estimate of drug-likeness (QED) is 0.578. The molecule has 7 heteroatoms. The fraction of sp³-hybridized carbons (Fsp3) is 0.632. The molecule has 2 aliphatic heterocycles. The van der Waals surface area contributed by atoms with Crippen molar-refractivity contribution < 1.29 is 19.4 Å². The van der Waals surface area contributed by atoms with E-state index in [0.29, 0.717) is 25.9 Å². The van der Waals surface area contributed by atoms with Crippen molar-refractivity contribution in [3.05, 3.63) is 29.8 Å². The Balaban J connectivity index is 1.49. The third-order valence-corrected chi connectivity index (χ3v) is 5.09. The van der Waals surface area contributed by atoms with E-state index in [9.17, 15) is 9.90 Å². The van der Waals surface area contributed by atoms with Crippen molar-refractivity contribution >= 4 is 5.97 Å². The van der Waals surface area contributed by atoms with Gasteiger partial charge in [0.2, 0.25) is 0 Å². The lowest BCUT2D eigenvalue weighted by atomic mass is 10.0. The number of hydrogen-bond acceptors (Lipinski definition) is 7. The molecule has 0 unspecified atom stereocenters. The Morgan fingerprint density at radius 2 is 2.00 bits per heavy atom. The maximum absolute atomic E-state index is 12.2. The van der Waals surface area contributed by atoms with Gasteiger partial charge in [-0.3, -0.25) is 4.79 Å². The Kier molecular flexibility index (Phi) is 6.85. The van der Waals surface area contributed by atoms with Gasteiger partial charge in [-0.15, -0.1) is 0 Å². The molecule has 144 valence electrons. The van der Waals surface area contributed by atoms with Crippen LogP contribution in [-0.2, 0) is 16.0 Å². The van der Waals surface area contributed by atoms with Gasteiger partial charge < -0.3 is 30.1 Å². The molecule has 1 aromatic rings. The largest absolute Gasteiger partial charge is 0.497 e. The number of esters is 1. The van der Waals surface area contributed by atoms with Crippen molar-refractivity contribution in [1.29, 1.82) is 0 Å². The third kappa shape index (κ3) is 5.17. The zero-order valence-electron chi connectivity index (χ0n) is 15.3. The van der Waals surface area contributed by atoms with E-state index in [0.717, 1.165) is 37.5 Å². The second kappa shape index (κ2) is 9.32. The summed E-state index contributed by atoms with van der Waals surface area (Å²) >= 11 is 0. The highest BCUT2D eigenvalue weighted by molar-refractivity contribution is 5.70. The maximum Gasteiger partial charge on any atom is 0.307 e. The Hall–Kier alpha value is -1.67. The molecule has 0 aromatic heterocycles. The van der Waals surface area contributed by atoms with Crippen LogP contribution in [0, 0.1) is 0 Å². The van der Waals surface area contributed by atoms with E-state index in [1.54, 1.807) is 7.11 Å². The van der Waals surface area contributed by atoms with Crippen LogP contribution in [0.4, 0.5) is 0 Å². The summed E-state index contributed by atoms with van der Waals surface area (Å²) in [5.41, 5.74) is 1.11. The summed E-state index contributed by atoms with van der Waals surface area (Å²) in [5.74, 6) is 0.570. The third-order valence-electron chi connectivity index (χ3n) is 5.09. The highest BCUT2D eigenvalue weighted by Crippen LogP contribution is 2.19. The number of carbonyl (C=O) groups excluding carboxylic acids is 1. The van der Waals surface area contributed by atoms with Crippen LogP contribution in [0.15, 0.2) is 24.3 Å². The highest BCUT2D eigenvalue weighted by atomic mass is 16.6. The van der Waals surface area contributed by atoms with Crippen molar-refractivity contribution in [1.82, 2.24) is 15.5 Å². The molecule has 2 heterocycles. The van der Waals surface area contributed by atoms with Gasteiger partial charge in [-0.2, -0.15) is 0 Å². The first kappa shape index (κ1) is 19.1. The molecular formula is C19H29N3O4. The van der Waals surface area contributed by atoms with Gasteiger partial charge in [0.05, 0.1) is 19.6 Å². The van der Waals surface area contributed by atoms with Gasteiger partial charge in [-0.25, -0.2) is 0 Å². The summed E-state index contributed by atoms with van der Waals surface area (Å²) < 4.78 is 10.8. The molecule has 0 radical (unpaired) electrons. The predicted octanol–water partition coefficient (Wildman–Crippen LogP) is -0.222. The minimum atomic E-state index is -0.665. The number of nitrogens with zero attached hydrogens (tertiary/aromatic N) is 1. The molecule has 3 rings (SSSR count). The van der Waals surface area contributed by atoms with Crippen LogP contribution in [0.5, 0.6) is 5.75 Å². The fourth-order valence-corrected chi connectivity index (χ4v) is 3.53. The van der Waals surface area contributed by atoms with E-state index >= 15 is 0 Å². The SMILES string of the molecule is COc1ccc(C[C@H]2NC[C@H](O)[C@H]2OC(=O)CCN2CCNCC2)cc1. The normalized spacial score (nSPS) is 26.6. The Morgan fingerprint density at radius 1 is 1.27 bits per heavy atom. The number of hydrogen-bond donors (Lipinski definition) is 3. The number of rotatable bonds is 7. The van der Waals surface area contributed by atoms with Crippen molar-refractivity contribution in [3.8, 4) is 5.75 Å². The summed E-state index contributed by atoms with van der Waals surface area (Å²) in [4.78, 5) is 14.5. The Labute approximate surface area is 154 Å². The number of aliphatic hydroxyl groups excluding tert-OH is 1. The molecule has 0 bridgehead atoms. The summed E-state index contributed by atoms with van der Waals surface area (Å²) in [7, 11) is 1.64. The number of methoxy groups -OCH3 is 1. The Morgan fingerprint density at radius 3 is 2.69 bits per heavy atom. The second-order valence-corrected chi connectivity index (χ2v) is 6.93. The molecule has 1 aromatic carbocycles. The number of piperazine rings is 1. The topological polar surface area (TPSA) is 83.1 Å². The number of nitrogens with one attached hydrogen (secondary N) is 2. The summed E-state index contributed by atoms with van der Waals surface area (Å²) in [6.45, 7) is 4.99. The van der Waals surface area contributed by atoms with E-state index in [2.05, 4.69) is 15.5 Å². The van der Waals surface area contributed by atoms with Crippen LogP contribution in [0.2, 0.25) is 0 Å². The fourth-order valence-electron chi connectivity index (χ4n) is 3.53. The maximum atomic E-state index is 12.2. The molecule has 0 spiro atoms. The molecule has 2 saturated heterocycles. The minimum absolute atomic E-state index is 0.0819. The van der Waals surface area contributed by atoms with Gasteiger partial charge in [-0.1, -0.05) is 12.1 Å². The second-order valence-electron chi connectivity index (χ2n) is 6.93. The van der Waals surface area contributed by atoms with E-state index in [4.69, 9.17) is 9.47 Å². The first-order valence-corrected chi connectivity index (χ1v) is 9.32. The predicted molar refractivity (Wildman–Crippen MR) is 98.3 cm³/mol. The number of aliphatic hydroxyl groups is 1. The lowest BCUT2D eigenvalue weighted by Gasteiger charge is -2.27. The van der Waals surface area contributed by atoms with E-state index in [1.165, 1.54) is 0 Å². The van der Waals surface area contributed by atoms with Gasteiger partial charge >= 0.3 is 5.97 Å². The smallest absolute Gasteiger partial charge is 0.307 e. The molecule has 0 aliphatic carbocycles. The number of β-amino-alcohol motifs (C(OH)–C–C–N with tert-alkyl or cyclic N) is 1. The summed E-state index contributed by atoms with van der Waals surface area (Å²) in [5, 5.41) is 16.8. The molecule has 0 saturated carbocycles. The zero-order valence-corrected chi connectivity index (χ0v) is 15.3. The average molecular weight is 363 g/mol. The van der Waals surface area contributed by atoms with Gasteiger partial charge in [0.1, 0.15) is 18.0 Å². The average Bonchev–Trinajstić information content (AvgIpc) is 3.01. The molecular weight excluding hydrogens is 334 g/mol. The monoisotopic (exact) mass is 363 g/mol. The zero-order chi connectivity index (χ0) is 18.4. The van der Waals surface area contributed by atoms with Crippen LogP contribution in [-0.4, -0.2) is 80.6 Å². The lowest BCUT2D eigenvalue weighted by Crippen LogP contribution is -2.44. The van der Waals surface area contributed by atoms with Crippen molar-refractivity contribution in [2.24, 2.45) is 0 Å². The van der Waals surface area contributed by atoms with E-state index in [1.807, 2.05) is 24.3 Å². The van der Waals surface area contributed by atoms with Gasteiger partial charge in [-0.05, 0) is 24.1 Å². The van der Waals surface area contributed by atoms with Crippen molar-refractivity contribution in [2.45, 2.75) is 31.1 Å². The van der Waals surface area contributed by atoms with E-state index in [-0.39, 0.29) is 12.0 Å². The van der Waals surface area contributed by atoms with E-state index < -0.39 is 12.2 Å². The molecule has 2 fully saturated rings. The van der Waals surface area contributed by atoms with Crippen LogP contribution >= 0.6 is 0 Å².